The summed E-state index contributed by atoms with van der Waals surface area (Å²) in [5.74, 6) is 0.415. The molecule has 5 nitrogen and oxygen atoms in total. The van der Waals surface area contributed by atoms with Crippen LogP contribution < -0.4 is 5.32 Å². The predicted octanol–water partition coefficient (Wildman–Crippen LogP) is 1.98. The van der Waals surface area contributed by atoms with Crippen LogP contribution in [0.5, 0.6) is 0 Å². The molecule has 0 spiro atoms. The maximum Gasteiger partial charge on any atom is 0.221 e. The molecule has 0 radical (unpaired) electrons. The summed E-state index contributed by atoms with van der Waals surface area (Å²) in [5, 5.41) is 14.9. The minimum absolute atomic E-state index is 0.415. The van der Waals surface area contributed by atoms with Crippen LogP contribution in [0.3, 0.4) is 0 Å². The van der Waals surface area contributed by atoms with E-state index in [1.165, 1.54) is 0 Å². The highest BCUT2D eigenvalue weighted by Gasteiger charge is 2.06. The van der Waals surface area contributed by atoms with Crippen LogP contribution in [0.1, 0.15) is 12.5 Å². The molecule has 0 amide bonds. The van der Waals surface area contributed by atoms with Crippen LogP contribution in [0.4, 0.5) is 5.69 Å². The minimum Gasteiger partial charge on any atom is -0.411 e. The maximum absolute atomic E-state index is 8.76. The molecule has 0 fully saturated rings. The van der Waals surface area contributed by atoms with Crippen molar-refractivity contribution in [3.63, 3.8) is 0 Å². The highest BCUT2D eigenvalue weighted by molar-refractivity contribution is 6.07. The van der Waals surface area contributed by atoms with Crippen molar-refractivity contribution in [2.24, 2.45) is 15.1 Å². The van der Waals surface area contributed by atoms with Crippen LogP contribution in [0.15, 0.2) is 39.4 Å². The minimum atomic E-state index is 0.415. The molecule has 0 aliphatic heterocycles. The average molecular weight is 218 g/mol. The zero-order valence-electron chi connectivity index (χ0n) is 9.31. The molecule has 0 aromatic heterocycles. The number of hydrogen-bond donors (Lipinski definition) is 2. The summed E-state index contributed by atoms with van der Waals surface area (Å²) in [4.78, 5) is 7.62. The molecular weight excluding hydrogens is 204 g/mol. The van der Waals surface area contributed by atoms with Gasteiger partial charge in [-0.1, -0.05) is 23.4 Å². The summed E-state index contributed by atoms with van der Waals surface area (Å²) >= 11 is 0. The number of hydrogen-bond acceptors (Lipinski definition) is 3. The van der Waals surface area contributed by atoms with Crippen molar-refractivity contribution < 1.29 is 5.21 Å². The molecule has 84 valence electrons. The smallest absolute Gasteiger partial charge is 0.221 e. The van der Waals surface area contributed by atoms with Gasteiger partial charge in [0.15, 0.2) is 0 Å². The van der Waals surface area contributed by atoms with Gasteiger partial charge in [0.2, 0.25) is 5.96 Å². The van der Waals surface area contributed by atoms with Gasteiger partial charge >= 0.3 is 0 Å². The van der Waals surface area contributed by atoms with E-state index in [4.69, 9.17) is 5.21 Å². The number of nitrogens with zero attached hydrogens (tertiary/aromatic N) is 3. The van der Waals surface area contributed by atoms with Crippen molar-refractivity contribution in [1.82, 2.24) is 0 Å². The first kappa shape index (κ1) is 11.9. The third-order valence-corrected chi connectivity index (χ3v) is 2.07. The molecule has 0 aliphatic carbocycles. The van der Waals surface area contributed by atoms with Gasteiger partial charge in [0.25, 0.3) is 0 Å². The number of aliphatic imine (C=N–C) groups is 2. The first-order valence-corrected chi connectivity index (χ1v) is 4.71. The lowest BCUT2D eigenvalue weighted by Crippen LogP contribution is -2.11. The Morgan fingerprint density at radius 3 is 2.62 bits per heavy atom. The second-order valence-electron chi connectivity index (χ2n) is 3.06. The number of rotatable bonds is 2. The van der Waals surface area contributed by atoms with E-state index in [0.717, 1.165) is 11.3 Å². The van der Waals surface area contributed by atoms with Gasteiger partial charge in [0.05, 0.1) is 11.4 Å². The third kappa shape index (κ3) is 2.66. The molecular formula is C11H14N4O. The number of benzene rings is 1. The number of oxime groups is 1. The van der Waals surface area contributed by atoms with Crippen molar-refractivity contribution in [2.45, 2.75) is 6.92 Å². The Bertz CT molecular complexity index is 437. The van der Waals surface area contributed by atoms with Crippen LogP contribution in [-0.4, -0.2) is 30.6 Å². The fourth-order valence-electron chi connectivity index (χ4n) is 1.25. The Labute approximate surface area is 94.2 Å². The lowest BCUT2D eigenvalue weighted by molar-refractivity contribution is 0.319. The molecule has 5 heteroatoms. The largest absolute Gasteiger partial charge is 0.411 e. The molecule has 0 saturated carbocycles. The van der Waals surface area contributed by atoms with E-state index in [1.807, 2.05) is 24.3 Å². The molecule has 16 heavy (non-hydrogen) atoms. The van der Waals surface area contributed by atoms with Gasteiger partial charge in [0, 0.05) is 12.6 Å². The lowest BCUT2D eigenvalue weighted by Gasteiger charge is -2.09. The van der Waals surface area contributed by atoms with E-state index in [2.05, 4.69) is 27.2 Å². The zero-order chi connectivity index (χ0) is 12.0. The molecule has 0 heterocycles. The summed E-state index contributed by atoms with van der Waals surface area (Å²) in [6.45, 7) is 5.11. The predicted molar refractivity (Wildman–Crippen MR) is 67.0 cm³/mol. The van der Waals surface area contributed by atoms with Gasteiger partial charge < -0.3 is 10.5 Å². The summed E-state index contributed by atoms with van der Waals surface area (Å²) in [5.41, 5.74) is 2.07. The Hall–Kier alpha value is -2.17. The quantitative estimate of drug-likeness (QED) is 0.345. The van der Waals surface area contributed by atoms with E-state index >= 15 is 0 Å². The normalized spacial score (nSPS) is 12.4. The van der Waals surface area contributed by atoms with Gasteiger partial charge in [-0.2, -0.15) is 0 Å². The van der Waals surface area contributed by atoms with Crippen molar-refractivity contribution in [3.05, 3.63) is 29.8 Å². The Morgan fingerprint density at radius 1 is 1.38 bits per heavy atom. The summed E-state index contributed by atoms with van der Waals surface area (Å²) < 4.78 is 0. The number of para-hydroxylation sites is 1. The Kier molecular flexibility index (Phi) is 4.20. The topological polar surface area (TPSA) is 69.3 Å². The molecule has 2 N–H and O–H groups in total. The van der Waals surface area contributed by atoms with Crippen LogP contribution in [0.25, 0.3) is 0 Å². The second kappa shape index (κ2) is 5.65. The zero-order valence-corrected chi connectivity index (χ0v) is 9.31. The highest BCUT2D eigenvalue weighted by atomic mass is 16.4. The SMILES string of the molecule is C=NC(=NC)Nc1ccccc1/C(C)=N\O. The van der Waals surface area contributed by atoms with Crippen LogP contribution >= 0.6 is 0 Å². The van der Waals surface area contributed by atoms with Crippen molar-refractivity contribution >= 4 is 24.1 Å². The fraction of sp³-hybridized carbons (Fsp3) is 0.182. The molecule has 0 aliphatic rings. The fourth-order valence-corrected chi connectivity index (χ4v) is 1.25. The molecule has 0 saturated heterocycles. The maximum atomic E-state index is 8.76. The van der Waals surface area contributed by atoms with Crippen LogP contribution in [0, 0.1) is 0 Å². The number of nitrogens with one attached hydrogen (secondary N) is 1. The van der Waals surface area contributed by atoms with Gasteiger partial charge in [0.1, 0.15) is 0 Å². The average Bonchev–Trinajstić information content (AvgIpc) is 2.35. The molecule has 1 aromatic rings. The van der Waals surface area contributed by atoms with Crippen LogP contribution in [-0.2, 0) is 0 Å². The van der Waals surface area contributed by atoms with E-state index in [0.29, 0.717) is 11.7 Å². The lowest BCUT2D eigenvalue weighted by atomic mass is 10.1. The second-order valence-corrected chi connectivity index (χ2v) is 3.06. The number of anilines is 1. The van der Waals surface area contributed by atoms with Crippen LogP contribution in [0.2, 0.25) is 0 Å². The van der Waals surface area contributed by atoms with Gasteiger partial charge in [-0.05, 0) is 19.7 Å². The van der Waals surface area contributed by atoms with Gasteiger partial charge in [-0.25, -0.2) is 4.99 Å². The van der Waals surface area contributed by atoms with E-state index < -0.39 is 0 Å². The van der Waals surface area contributed by atoms with E-state index in [1.54, 1.807) is 14.0 Å². The summed E-state index contributed by atoms with van der Waals surface area (Å²) in [6, 6.07) is 7.42. The molecule has 0 unspecified atom stereocenters. The van der Waals surface area contributed by atoms with Gasteiger partial charge in [-0.15, -0.1) is 0 Å². The first-order valence-electron chi connectivity index (χ1n) is 4.71. The van der Waals surface area contributed by atoms with Crippen molar-refractivity contribution in [1.29, 1.82) is 0 Å². The molecule has 0 bridgehead atoms. The van der Waals surface area contributed by atoms with Gasteiger partial charge in [-0.3, -0.25) is 4.99 Å². The summed E-state index contributed by atoms with van der Waals surface area (Å²) in [6.07, 6.45) is 0. The monoisotopic (exact) mass is 218 g/mol. The van der Waals surface area contributed by atoms with Crippen molar-refractivity contribution in [3.8, 4) is 0 Å². The molecule has 1 aromatic carbocycles. The number of guanidine groups is 1. The summed E-state index contributed by atoms with van der Waals surface area (Å²) in [7, 11) is 1.62. The Balaban J connectivity index is 3.09. The molecule has 1 rings (SSSR count). The third-order valence-electron chi connectivity index (χ3n) is 2.07. The van der Waals surface area contributed by atoms with E-state index in [-0.39, 0.29) is 0 Å². The molecule has 0 atom stereocenters. The van der Waals surface area contributed by atoms with Crippen molar-refractivity contribution in [2.75, 3.05) is 12.4 Å². The van der Waals surface area contributed by atoms with E-state index in [9.17, 15) is 0 Å². The highest BCUT2D eigenvalue weighted by Crippen LogP contribution is 2.16. The standard InChI is InChI=1S/C11H14N4O/c1-8(15-16)9-6-4-5-7-10(9)14-11(12-2)13-3/h4-7,16H,2H2,1,3H3,(H,13,14)/b15-8-. The Morgan fingerprint density at radius 2 is 2.06 bits per heavy atom. The first-order chi connectivity index (χ1) is 7.72.